The summed E-state index contributed by atoms with van der Waals surface area (Å²) < 4.78 is 11.2. The number of carbonyl (C=O) groups is 1. The molecule has 8 heteroatoms. The Morgan fingerprint density at radius 3 is 2.71 bits per heavy atom. The van der Waals surface area contributed by atoms with Gasteiger partial charge in [0.05, 0.1) is 11.8 Å². The highest BCUT2D eigenvalue weighted by molar-refractivity contribution is 7.16. The van der Waals surface area contributed by atoms with Crippen LogP contribution in [0.3, 0.4) is 0 Å². The Kier molecular flexibility index (Phi) is 4.48. The number of rotatable bonds is 3. The average Bonchev–Trinajstić information content (AvgIpc) is 3.23. The van der Waals surface area contributed by atoms with E-state index < -0.39 is 0 Å². The second-order valence-electron chi connectivity index (χ2n) is 6.86. The molecule has 1 amide bonds. The van der Waals surface area contributed by atoms with Crippen LogP contribution >= 0.6 is 11.3 Å². The first-order valence-electron chi connectivity index (χ1n) is 9.37. The standard InChI is InChI=1S/C20H20N4O3S/c25-18(12-14-1-2-16-17(11-14)27-9-8-26-16)23-4-6-24(7-5-23)19-15-3-10-28-20(15)22-13-21-19/h1-3,10-11,13H,4-9,12H2. The first kappa shape index (κ1) is 17.2. The Bertz CT molecular complexity index is 1010. The molecule has 7 nitrogen and oxygen atoms in total. The molecule has 144 valence electrons. The average molecular weight is 396 g/mol. The molecular formula is C20H20N4O3S. The molecule has 2 aromatic heterocycles. The monoisotopic (exact) mass is 396 g/mol. The molecule has 3 aromatic rings. The fourth-order valence-corrected chi connectivity index (χ4v) is 4.41. The molecule has 0 N–H and O–H groups in total. The highest BCUT2D eigenvalue weighted by atomic mass is 32.1. The summed E-state index contributed by atoms with van der Waals surface area (Å²) in [5, 5.41) is 3.12. The number of thiophene rings is 1. The van der Waals surface area contributed by atoms with Crippen LogP contribution in [0, 0.1) is 0 Å². The largest absolute Gasteiger partial charge is 0.486 e. The number of carbonyl (C=O) groups excluding carboxylic acids is 1. The summed E-state index contributed by atoms with van der Waals surface area (Å²) in [6.07, 6.45) is 1.99. The minimum atomic E-state index is 0.139. The first-order valence-corrected chi connectivity index (χ1v) is 10.3. The second-order valence-corrected chi connectivity index (χ2v) is 7.75. The maximum atomic E-state index is 12.8. The zero-order valence-electron chi connectivity index (χ0n) is 15.3. The molecule has 0 unspecified atom stereocenters. The van der Waals surface area contributed by atoms with Crippen molar-refractivity contribution < 1.29 is 14.3 Å². The van der Waals surface area contributed by atoms with E-state index in [4.69, 9.17) is 9.47 Å². The van der Waals surface area contributed by atoms with Crippen molar-refractivity contribution in [3.63, 3.8) is 0 Å². The van der Waals surface area contributed by atoms with Crippen LogP contribution in [-0.4, -0.2) is 60.2 Å². The summed E-state index contributed by atoms with van der Waals surface area (Å²) in [6, 6.07) is 7.80. The van der Waals surface area contributed by atoms with Gasteiger partial charge in [0.15, 0.2) is 11.5 Å². The van der Waals surface area contributed by atoms with Gasteiger partial charge in [-0.15, -0.1) is 11.3 Å². The number of hydrogen-bond donors (Lipinski definition) is 0. The predicted molar refractivity (Wildman–Crippen MR) is 107 cm³/mol. The topological polar surface area (TPSA) is 67.8 Å². The van der Waals surface area contributed by atoms with E-state index in [1.807, 2.05) is 28.5 Å². The summed E-state index contributed by atoms with van der Waals surface area (Å²) in [5.74, 6) is 2.58. The van der Waals surface area contributed by atoms with Crippen LogP contribution in [0.2, 0.25) is 0 Å². The van der Waals surface area contributed by atoms with Gasteiger partial charge in [-0.05, 0) is 29.1 Å². The van der Waals surface area contributed by atoms with Crippen molar-refractivity contribution in [3.8, 4) is 11.5 Å². The zero-order valence-corrected chi connectivity index (χ0v) is 16.2. The van der Waals surface area contributed by atoms with Crippen molar-refractivity contribution in [2.75, 3.05) is 44.3 Å². The lowest BCUT2D eigenvalue weighted by atomic mass is 10.1. The highest BCUT2D eigenvalue weighted by Crippen LogP contribution is 2.31. The van der Waals surface area contributed by atoms with Gasteiger partial charge in [-0.2, -0.15) is 0 Å². The van der Waals surface area contributed by atoms with Gasteiger partial charge in [0.2, 0.25) is 5.91 Å². The van der Waals surface area contributed by atoms with E-state index in [9.17, 15) is 4.79 Å². The molecule has 0 saturated carbocycles. The molecule has 1 aromatic carbocycles. The minimum Gasteiger partial charge on any atom is -0.486 e. The molecule has 28 heavy (non-hydrogen) atoms. The van der Waals surface area contributed by atoms with Gasteiger partial charge >= 0.3 is 0 Å². The smallest absolute Gasteiger partial charge is 0.227 e. The van der Waals surface area contributed by atoms with Crippen LogP contribution in [0.5, 0.6) is 11.5 Å². The molecule has 2 aliphatic heterocycles. The predicted octanol–water partition coefficient (Wildman–Crippen LogP) is 2.35. The summed E-state index contributed by atoms with van der Waals surface area (Å²) in [4.78, 5) is 26.7. The zero-order chi connectivity index (χ0) is 18.9. The van der Waals surface area contributed by atoms with Crippen molar-refractivity contribution >= 4 is 33.3 Å². The number of hydrogen-bond acceptors (Lipinski definition) is 7. The minimum absolute atomic E-state index is 0.139. The molecule has 2 aliphatic rings. The third kappa shape index (κ3) is 3.24. The van der Waals surface area contributed by atoms with Crippen molar-refractivity contribution in [1.82, 2.24) is 14.9 Å². The number of nitrogens with zero attached hydrogens (tertiary/aromatic N) is 4. The Balaban J connectivity index is 1.23. The van der Waals surface area contributed by atoms with Crippen LogP contribution in [-0.2, 0) is 11.2 Å². The molecule has 0 bridgehead atoms. The maximum Gasteiger partial charge on any atom is 0.227 e. The Hall–Kier alpha value is -2.87. The Morgan fingerprint density at radius 1 is 1.04 bits per heavy atom. The molecule has 0 aliphatic carbocycles. The summed E-state index contributed by atoms with van der Waals surface area (Å²) >= 11 is 1.62. The van der Waals surface area contributed by atoms with Crippen LogP contribution in [0.15, 0.2) is 36.0 Å². The molecular weight excluding hydrogens is 376 g/mol. The van der Waals surface area contributed by atoms with Crippen LogP contribution in [0.4, 0.5) is 5.82 Å². The lowest BCUT2D eigenvalue weighted by Gasteiger charge is -2.35. The van der Waals surface area contributed by atoms with Crippen LogP contribution in [0.25, 0.3) is 10.2 Å². The molecule has 0 radical (unpaired) electrons. The summed E-state index contributed by atoms with van der Waals surface area (Å²) in [6.45, 7) is 4.05. The van der Waals surface area contributed by atoms with Crippen molar-refractivity contribution in [1.29, 1.82) is 0 Å². The fourth-order valence-electron chi connectivity index (χ4n) is 3.68. The normalized spacial score (nSPS) is 16.4. The SMILES string of the molecule is O=C(Cc1ccc2c(c1)OCCO2)N1CCN(c2ncnc3sccc23)CC1. The molecule has 0 atom stereocenters. The number of amides is 1. The number of benzene rings is 1. The lowest BCUT2D eigenvalue weighted by molar-refractivity contribution is -0.130. The molecule has 4 heterocycles. The first-order chi connectivity index (χ1) is 13.8. The third-order valence-electron chi connectivity index (χ3n) is 5.13. The second kappa shape index (κ2) is 7.27. The van der Waals surface area contributed by atoms with E-state index in [-0.39, 0.29) is 5.91 Å². The number of ether oxygens (including phenoxy) is 2. The summed E-state index contributed by atoms with van der Waals surface area (Å²) in [5.41, 5.74) is 0.951. The van der Waals surface area contributed by atoms with Gasteiger partial charge in [0.25, 0.3) is 0 Å². The van der Waals surface area contributed by atoms with Crippen LogP contribution < -0.4 is 14.4 Å². The fraction of sp³-hybridized carbons (Fsp3) is 0.350. The van der Waals surface area contributed by atoms with Gasteiger partial charge in [0, 0.05) is 26.2 Å². The molecule has 5 rings (SSSR count). The van der Waals surface area contributed by atoms with E-state index in [1.165, 1.54) is 0 Å². The van der Waals surface area contributed by atoms with E-state index in [0.717, 1.165) is 46.2 Å². The highest BCUT2D eigenvalue weighted by Gasteiger charge is 2.24. The molecule has 1 saturated heterocycles. The Labute approximate surface area is 166 Å². The Morgan fingerprint density at radius 2 is 1.86 bits per heavy atom. The van der Waals surface area contributed by atoms with E-state index in [0.29, 0.717) is 32.7 Å². The van der Waals surface area contributed by atoms with Crippen molar-refractivity contribution in [2.45, 2.75) is 6.42 Å². The van der Waals surface area contributed by atoms with Gasteiger partial charge in [0.1, 0.15) is 30.2 Å². The van der Waals surface area contributed by atoms with Gasteiger partial charge in [-0.1, -0.05) is 6.07 Å². The maximum absolute atomic E-state index is 12.8. The third-order valence-corrected chi connectivity index (χ3v) is 5.96. The van der Waals surface area contributed by atoms with Gasteiger partial charge < -0.3 is 19.3 Å². The summed E-state index contributed by atoms with van der Waals surface area (Å²) in [7, 11) is 0. The van der Waals surface area contributed by atoms with Crippen LogP contribution in [0.1, 0.15) is 5.56 Å². The lowest BCUT2D eigenvalue weighted by Crippen LogP contribution is -2.49. The number of piperazine rings is 1. The van der Waals surface area contributed by atoms with Crippen molar-refractivity contribution in [3.05, 3.63) is 41.5 Å². The molecule has 0 spiro atoms. The number of fused-ring (bicyclic) bond motifs is 2. The van der Waals surface area contributed by atoms with E-state index in [2.05, 4.69) is 20.9 Å². The molecule has 1 fully saturated rings. The quantitative estimate of drug-likeness (QED) is 0.677. The van der Waals surface area contributed by atoms with Crippen molar-refractivity contribution in [2.24, 2.45) is 0 Å². The number of aromatic nitrogens is 2. The van der Waals surface area contributed by atoms with Gasteiger partial charge in [-0.25, -0.2) is 9.97 Å². The van der Waals surface area contributed by atoms with Gasteiger partial charge in [-0.3, -0.25) is 4.79 Å². The number of anilines is 1. The van der Waals surface area contributed by atoms with E-state index in [1.54, 1.807) is 17.7 Å². The van der Waals surface area contributed by atoms with E-state index >= 15 is 0 Å².